The van der Waals surface area contributed by atoms with Crippen LogP contribution in [-0.2, 0) is 12.8 Å². The first-order chi connectivity index (χ1) is 8.28. The van der Waals surface area contributed by atoms with E-state index in [0.717, 1.165) is 18.5 Å². The highest BCUT2D eigenvalue weighted by atomic mass is 14.5. The van der Waals surface area contributed by atoms with E-state index >= 15 is 0 Å². The van der Waals surface area contributed by atoms with E-state index < -0.39 is 0 Å². The van der Waals surface area contributed by atoms with Crippen LogP contribution in [0.3, 0.4) is 0 Å². The van der Waals surface area contributed by atoms with Gasteiger partial charge in [-0.1, -0.05) is 36.4 Å². The highest BCUT2D eigenvalue weighted by Crippen LogP contribution is 2.12. The van der Waals surface area contributed by atoms with Gasteiger partial charge in [-0.05, 0) is 48.2 Å². The molecule has 2 rings (SSSR count). The largest absolute Gasteiger partial charge is 0.399 e. The van der Waals surface area contributed by atoms with Crippen molar-refractivity contribution in [2.75, 3.05) is 12.3 Å². The number of anilines is 1. The summed E-state index contributed by atoms with van der Waals surface area (Å²) in [5.74, 6) is 0. The Morgan fingerprint density at radius 3 is 1.71 bits per heavy atom. The van der Waals surface area contributed by atoms with Crippen LogP contribution in [0.15, 0.2) is 48.5 Å². The summed E-state index contributed by atoms with van der Waals surface area (Å²) in [6, 6.07) is 16.7. The fourth-order valence-electron chi connectivity index (χ4n) is 1.86. The van der Waals surface area contributed by atoms with Crippen LogP contribution < -0.4 is 11.5 Å². The van der Waals surface area contributed by atoms with Gasteiger partial charge in [-0.15, -0.1) is 0 Å². The van der Waals surface area contributed by atoms with E-state index in [1.807, 2.05) is 12.1 Å². The molecule has 0 saturated heterocycles. The molecule has 0 heterocycles. The first-order valence-electron chi connectivity index (χ1n) is 5.90. The molecular formula is C15H18N2. The van der Waals surface area contributed by atoms with Gasteiger partial charge in [0.1, 0.15) is 0 Å². The minimum atomic E-state index is 0.706. The van der Waals surface area contributed by atoms with Crippen LogP contribution in [0.25, 0.3) is 0 Å². The van der Waals surface area contributed by atoms with Crippen molar-refractivity contribution in [2.45, 2.75) is 12.8 Å². The molecule has 0 saturated carbocycles. The zero-order valence-corrected chi connectivity index (χ0v) is 9.89. The van der Waals surface area contributed by atoms with E-state index in [1.165, 1.54) is 16.7 Å². The van der Waals surface area contributed by atoms with E-state index in [0.29, 0.717) is 6.54 Å². The standard InChI is InChI=1S/C15H18N2/c16-10-9-12-1-3-13(4-2-12)11-14-5-7-15(17)8-6-14/h1-8H,9-11,16-17H2. The Bertz CT molecular complexity index is 457. The van der Waals surface area contributed by atoms with Crippen LogP contribution in [0.5, 0.6) is 0 Å². The molecule has 17 heavy (non-hydrogen) atoms. The van der Waals surface area contributed by atoms with Crippen LogP contribution in [0.4, 0.5) is 5.69 Å². The summed E-state index contributed by atoms with van der Waals surface area (Å²) in [6.45, 7) is 0.706. The molecule has 0 spiro atoms. The normalized spacial score (nSPS) is 10.4. The van der Waals surface area contributed by atoms with Gasteiger partial charge in [-0.25, -0.2) is 0 Å². The molecule has 0 aliphatic carbocycles. The third kappa shape index (κ3) is 3.33. The third-order valence-corrected chi connectivity index (χ3v) is 2.84. The van der Waals surface area contributed by atoms with Crippen molar-refractivity contribution in [1.29, 1.82) is 0 Å². The van der Waals surface area contributed by atoms with Gasteiger partial charge in [0.2, 0.25) is 0 Å². The molecule has 0 atom stereocenters. The summed E-state index contributed by atoms with van der Waals surface area (Å²) in [7, 11) is 0. The molecular weight excluding hydrogens is 208 g/mol. The quantitative estimate of drug-likeness (QED) is 0.786. The van der Waals surface area contributed by atoms with Gasteiger partial charge < -0.3 is 11.5 Å². The van der Waals surface area contributed by atoms with E-state index in [-0.39, 0.29) is 0 Å². The third-order valence-electron chi connectivity index (χ3n) is 2.84. The fraction of sp³-hybridized carbons (Fsp3) is 0.200. The predicted octanol–water partition coefficient (Wildman–Crippen LogP) is 2.36. The Morgan fingerprint density at radius 2 is 1.18 bits per heavy atom. The van der Waals surface area contributed by atoms with Crippen molar-refractivity contribution in [3.63, 3.8) is 0 Å². The van der Waals surface area contributed by atoms with Crippen molar-refractivity contribution < 1.29 is 0 Å². The van der Waals surface area contributed by atoms with E-state index in [9.17, 15) is 0 Å². The molecule has 0 radical (unpaired) electrons. The van der Waals surface area contributed by atoms with E-state index in [1.54, 1.807) is 0 Å². The Kier molecular flexibility index (Phi) is 3.78. The summed E-state index contributed by atoms with van der Waals surface area (Å²) < 4.78 is 0. The molecule has 0 unspecified atom stereocenters. The van der Waals surface area contributed by atoms with Crippen LogP contribution in [0.1, 0.15) is 16.7 Å². The zero-order chi connectivity index (χ0) is 12.1. The average Bonchev–Trinajstić information content (AvgIpc) is 2.35. The van der Waals surface area contributed by atoms with Crippen molar-refractivity contribution in [3.8, 4) is 0 Å². The Morgan fingerprint density at radius 1 is 0.706 bits per heavy atom. The molecule has 0 fully saturated rings. The molecule has 0 bridgehead atoms. The Balaban J connectivity index is 2.05. The van der Waals surface area contributed by atoms with Gasteiger partial charge in [0, 0.05) is 5.69 Å². The number of hydrogen-bond donors (Lipinski definition) is 2. The highest BCUT2D eigenvalue weighted by Gasteiger charge is 1.97. The van der Waals surface area contributed by atoms with Gasteiger partial charge in [0.05, 0.1) is 0 Å². The lowest BCUT2D eigenvalue weighted by Crippen LogP contribution is -2.02. The Labute approximate surface area is 102 Å². The first kappa shape index (κ1) is 11.7. The fourth-order valence-corrected chi connectivity index (χ4v) is 1.86. The van der Waals surface area contributed by atoms with Gasteiger partial charge in [0.15, 0.2) is 0 Å². The molecule has 2 aromatic rings. The van der Waals surface area contributed by atoms with Gasteiger partial charge >= 0.3 is 0 Å². The van der Waals surface area contributed by atoms with Crippen molar-refractivity contribution >= 4 is 5.69 Å². The lowest BCUT2D eigenvalue weighted by atomic mass is 10.0. The zero-order valence-electron chi connectivity index (χ0n) is 9.89. The van der Waals surface area contributed by atoms with Crippen molar-refractivity contribution in [3.05, 3.63) is 65.2 Å². The van der Waals surface area contributed by atoms with Crippen molar-refractivity contribution in [1.82, 2.24) is 0 Å². The van der Waals surface area contributed by atoms with Crippen LogP contribution in [0, 0.1) is 0 Å². The molecule has 0 aliphatic heterocycles. The summed E-state index contributed by atoms with van der Waals surface area (Å²) in [5.41, 5.74) is 15.9. The number of benzene rings is 2. The van der Waals surface area contributed by atoms with Crippen LogP contribution in [-0.4, -0.2) is 6.54 Å². The number of rotatable bonds is 4. The molecule has 0 aliphatic rings. The predicted molar refractivity (Wildman–Crippen MR) is 72.9 cm³/mol. The number of nitrogen functional groups attached to an aromatic ring is 1. The monoisotopic (exact) mass is 226 g/mol. The minimum Gasteiger partial charge on any atom is -0.399 e. The number of nitrogens with two attached hydrogens (primary N) is 2. The maximum atomic E-state index is 5.66. The molecule has 2 nitrogen and oxygen atoms in total. The lowest BCUT2D eigenvalue weighted by Gasteiger charge is -2.04. The van der Waals surface area contributed by atoms with Gasteiger partial charge in [-0.3, -0.25) is 0 Å². The highest BCUT2D eigenvalue weighted by molar-refractivity contribution is 5.40. The summed E-state index contributed by atoms with van der Waals surface area (Å²) >= 11 is 0. The summed E-state index contributed by atoms with van der Waals surface area (Å²) in [4.78, 5) is 0. The second-order valence-corrected chi connectivity index (χ2v) is 4.27. The molecule has 2 aromatic carbocycles. The second-order valence-electron chi connectivity index (χ2n) is 4.27. The molecule has 2 heteroatoms. The van der Waals surface area contributed by atoms with Crippen molar-refractivity contribution in [2.24, 2.45) is 5.73 Å². The van der Waals surface area contributed by atoms with Gasteiger partial charge in [-0.2, -0.15) is 0 Å². The molecule has 0 aromatic heterocycles. The topological polar surface area (TPSA) is 52.0 Å². The summed E-state index contributed by atoms with van der Waals surface area (Å²) in [5, 5.41) is 0. The first-order valence-corrected chi connectivity index (χ1v) is 5.90. The van der Waals surface area contributed by atoms with E-state index in [2.05, 4.69) is 36.4 Å². The number of hydrogen-bond acceptors (Lipinski definition) is 2. The van der Waals surface area contributed by atoms with Crippen LogP contribution in [0.2, 0.25) is 0 Å². The molecule has 0 amide bonds. The average molecular weight is 226 g/mol. The maximum absolute atomic E-state index is 5.66. The molecule has 88 valence electrons. The SMILES string of the molecule is NCCc1ccc(Cc2ccc(N)cc2)cc1. The van der Waals surface area contributed by atoms with Gasteiger partial charge in [0.25, 0.3) is 0 Å². The summed E-state index contributed by atoms with van der Waals surface area (Å²) in [6.07, 6.45) is 1.89. The smallest absolute Gasteiger partial charge is 0.0314 e. The lowest BCUT2D eigenvalue weighted by molar-refractivity contribution is 0.966. The Hall–Kier alpha value is -1.80. The maximum Gasteiger partial charge on any atom is 0.0314 e. The minimum absolute atomic E-state index is 0.706. The molecule has 4 N–H and O–H groups in total. The van der Waals surface area contributed by atoms with E-state index in [4.69, 9.17) is 11.5 Å². The second kappa shape index (κ2) is 5.51. The van der Waals surface area contributed by atoms with Crippen LogP contribution >= 0.6 is 0 Å².